The van der Waals surface area contributed by atoms with Crippen LogP contribution in [0.2, 0.25) is 0 Å². The number of hydrogen-bond donors (Lipinski definition) is 0. The van der Waals surface area contributed by atoms with Crippen molar-refractivity contribution in [1.82, 2.24) is 14.9 Å². The maximum atomic E-state index is 12.8. The highest BCUT2D eigenvalue weighted by Gasteiger charge is 2.33. The Labute approximate surface area is 155 Å². The molecule has 3 heterocycles. The van der Waals surface area contributed by atoms with E-state index in [2.05, 4.69) is 0 Å². The smallest absolute Gasteiger partial charge is 0.228 e. The number of piperidine rings is 1. The molecule has 2 aliphatic heterocycles. The molecule has 1 aromatic rings. The zero-order valence-electron chi connectivity index (χ0n) is 15.8. The molecule has 0 radical (unpaired) electrons. The second-order valence-electron chi connectivity index (χ2n) is 8.03. The molecule has 1 atom stereocenters. The largest absolute Gasteiger partial charge is 0.342 e. The van der Waals surface area contributed by atoms with Crippen molar-refractivity contribution < 1.29 is 9.59 Å². The number of likely N-dealkylation sites (tertiary alicyclic amines) is 1. The highest BCUT2D eigenvalue weighted by Crippen LogP contribution is 2.33. The van der Waals surface area contributed by atoms with E-state index in [9.17, 15) is 9.59 Å². The first kappa shape index (κ1) is 17.4. The fourth-order valence-electron chi connectivity index (χ4n) is 4.69. The van der Waals surface area contributed by atoms with Crippen molar-refractivity contribution in [3.8, 4) is 0 Å². The minimum atomic E-state index is 0.114. The van der Waals surface area contributed by atoms with Crippen molar-refractivity contribution in [2.75, 3.05) is 25.0 Å². The number of amides is 2. The van der Waals surface area contributed by atoms with E-state index in [0.717, 1.165) is 61.5 Å². The fraction of sp³-hybridized carbons (Fsp3) is 0.700. The first-order valence-electron chi connectivity index (χ1n) is 9.97. The monoisotopic (exact) mass is 356 g/mol. The van der Waals surface area contributed by atoms with Gasteiger partial charge in [0, 0.05) is 49.7 Å². The number of carbonyl (C=O) groups is 2. The predicted octanol–water partition coefficient (Wildman–Crippen LogP) is 2.59. The summed E-state index contributed by atoms with van der Waals surface area (Å²) in [5.74, 6) is 2.40. The summed E-state index contributed by atoms with van der Waals surface area (Å²) in [6.45, 7) is 3.58. The van der Waals surface area contributed by atoms with Crippen LogP contribution in [0.15, 0.2) is 0 Å². The Morgan fingerprint density at radius 3 is 2.62 bits per heavy atom. The molecule has 0 spiro atoms. The normalized spacial score (nSPS) is 24.1. The van der Waals surface area contributed by atoms with Crippen LogP contribution >= 0.6 is 0 Å². The fourth-order valence-corrected chi connectivity index (χ4v) is 4.69. The maximum Gasteiger partial charge on any atom is 0.228 e. The van der Waals surface area contributed by atoms with Gasteiger partial charge in [0.1, 0.15) is 11.6 Å². The lowest BCUT2D eigenvalue weighted by Crippen LogP contribution is -2.42. The molecule has 6 nitrogen and oxygen atoms in total. The number of nitrogens with zero attached hydrogens (tertiary/aromatic N) is 4. The summed E-state index contributed by atoms with van der Waals surface area (Å²) in [7, 11) is 1.80. The zero-order chi connectivity index (χ0) is 18.3. The van der Waals surface area contributed by atoms with Crippen LogP contribution in [0.5, 0.6) is 0 Å². The second-order valence-corrected chi connectivity index (χ2v) is 8.03. The number of carbonyl (C=O) groups excluding carboxylic acids is 2. The van der Waals surface area contributed by atoms with E-state index in [1.54, 1.807) is 11.9 Å². The standard InChI is InChI=1S/C20H28N4O2/c1-13-16-9-10-17(25)23(2)19(16)22-18(21-13)15-8-5-11-24(12-15)20(26)14-6-3-4-7-14/h14-15H,3-12H2,1-2H3/t15-/m0/s1. The molecule has 0 bridgehead atoms. The van der Waals surface area contributed by atoms with Crippen LogP contribution in [0.4, 0.5) is 5.82 Å². The molecular formula is C20H28N4O2. The average molecular weight is 356 g/mol. The highest BCUT2D eigenvalue weighted by atomic mass is 16.2. The van der Waals surface area contributed by atoms with E-state index in [0.29, 0.717) is 18.9 Å². The third kappa shape index (κ3) is 3.10. The number of anilines is 1. The van der Waals surface area contributed by atoms with Crippen LogP contribution < -0.4 is 4.90 Å². The summed E-state index contributed by atoms with van der Waals surface area (Å²) < 4.78 is 0. The lowest BCUT2D eigenvalue weighted by atomic mass is 9.94. The molecule has 2 fully saturated rings. The molecule has 26 heavy (non-hydrogen) atoms. The van der Waals surface area contributed by atoms with Crippen LogP contribution in [-0.4, -0.2) is 46.8 Å². The number of hydrogen-bond acceptors (Lipinski definition) is 4. The van der Waals surface area contributed by atoms with Crippen LogP contribution in [0.3, 0.4) is 0 Å². The molecule has 1 saturated heterocycles. The lowest BCUT2D eigenvalue weighted by molar-refractivity contribution is -0.136. The Hall–Kier alpha value is -1.98. The number of rotatable bonds is 2. The first-order valence-corrected chi connectivity index (χ1v) is 9.97. The molecule has 6 heteroatoms. The van der Waals surface area contributed by atoms with Crippen molar-refractivity contribution in [1.29, 1.82) is 0 Å². The van der Waals surface area contributed by atoms with Crippen LogP contribution in [-0.2, 0) is 16.0 Å². The van der Waals surface area contributed by atoms with Crippen molar-refractivity contribution in [3.63, 3.8) is 0 Å². The Kier molecular flexibility index (Phi) is 4.67. The molecule has 2 amide bonds. The summed E-state index contributed by atoms with van der Waals surface area (Å²) in [6.07, 6.45) is 7.70. The van der Waals surface area contributed by atoms with E-state index >= 15 is 0 Å². The summed E-state index contributed by atoms with van der Waals surface area (Å²) in [5.41, 5.74) is 2.06. The highest BCUT2D eigenvalue weighted by molar-refractivity contribution is 5.94. The van der Waals surface area contributed by atoms with Gasteiger partial charge in [0.25, 0.3) is 0 Å². The quantitative estimate of drug-likeness (QED) is 0.817. The van der Waals surface area contributed by atoms with Crippen LogP contribution in [0, 0.1) is 12.8 Å². The van der Waals surface area contributed by atoms with Gasteiger partial charge in [0.2, 0.25) is 11.8 Å². The molecule has 0 N–H and O–H groups in total. The molecule has 0 aromatic carbocycles. The number of aryl methyl sites for hydroxylation is 1. The molecule has 1 saturated carbocycles. The van der Waals surface area contributed by atoms with Gasteiger partial charge >= 0.3 is 0 Å². The maximum absolute atomic E-state index is 12.8. The van der Waals surface area contributed by atoms with Gasteiger partial charge in [-0.15, -0.1) is 0 Å². The summed E-state index contributed by atoms with van der Waals surface area (Å²) in [5, 5.41) is 0. The minimum absolute atomic E-state index is 0.114. The Morgan fingerprint density at radius 2 is 1.85 bits per heavy atom. The van der Waals surface area contributed by atoms with Gasteiger partial charge in [-0.2, -0.15) is 0 Å². The van der Waals surface area contributed by atoms with Crippen molar-refractivity contribution in [2.24, 2.45) is 5.92 Å². The van der Waals surface area contributed by atoms with E-state index in [4.69, 9.17) is 9.97 Å². The first-order chi connectivity index (χ1) is 12.5. The summed E-state index contributed by atoms with van der Waals surface area (Å²) >= 11 is 0. The lowest BCUT2D eigenvalue weighted by Gasteiger charge is -2.34. The van der Waals surface area contributed by atoms with E-state index in [-0.39, 0.29) is 17.7 Å². The third-order valence-corrected chi connectivity index (χ3v) is 6.29. The molecular weight excluding hydrogens is 328 g/mol. The van der Waals surface area contributed by atoms with Crippen LogP contribution in [0.25, 0.3) is 0 Å². The van der Waals surface area contributed by atoms with Crippen LogP contribution in [0.1, 0.15) is 67.9 Å². The summed E-state index contributed by atoms with van der Waals surface area (Å²) in [6, 6.07) is 0. The van der Waals surface area contributed by atoms with Crippen molar-refractivity contribution >= 4 is 17.6 Å². The molecule has 4 rings (SSSR count). The Bertz CT molecular complexity index is 727. The zero-order valence-corrected chi connectivity index (χ0v) is 15.8. The average Bonchev–Trinajstić information content (AvgIpc) is 3.19. The molecule has 140 valence electrons. The number of aromatic nitrogens is 2. The number of fused-ring (bicyclic) bond motifs is 1. The topological polar surface area (TPSA) is 66.4 Å². The SMILES string of the molecule is Cc1nc([C@H]2CCCN(C(=O)C3CCCC3)C2)nc2c1CCC(=O)N2C. The van der Waals surface area contributed by atoms with E-state index in [1.165, 1.54) is 12.8 Å². The predicted molar refractivity (Wildman–Crippen MR) is 99.0 cm³/mol. The van der Waals surface area contributed by atoms with Gasteiger partial charge in [-0.1, -0.05) is 12.8 Å². The van der Waals surface area contributed by atoms with E-state index < -0.39 is 0 Å². The molecule has 1 aromatic heterocycles. The van der Waals surface area contributed by atoms with Gasteiger partial charge in [0.15, 0.2) is 0 Å². The van der Waals surface area contributed by atoms with Crippen molar-refractivity contribution in [2.45, 2.75) is 64.2 Å². The van der Waals surface area contributed by atoms with Gasteiger partial charge in [0.05, 0.1) is 0 Å². The van der Waals surface area contributed by atoms with Gasteiger partial charge < -0.3 is 4.90 Å². The van der Waals surface area contributed by atoms with Gasteiger partial charge in [-0.25, -0.2) is 9.97 Å². The van der Waals surface area contributed by atoms with Gasteiger partial charge in [-0.3, -0.25) is 14.5 Å². The van der Waals surface area contributed by atoms with Crippen molar-refractivity contribution in [3.05, 3.63) is 17.1 Å². The third-order valence-electron chi connectivity index (χ3n) is 6.29. The Morgan fingerprint density at radius 1 is 1.08 bits per heavy atom. The Balaban J connectivity index is 1.56. The van der Waals surface area contributed by atoms with E-state index in [1.807, 2.05) is 11.8 Å². The second kappa shape index (κ2) is 6.97. The minimum Gasteiger partial charge on any atom is -0.342 e. The molecule has 0 unspecified atom stereocenters. The molecule has 3 aliphatic rings. The molecule has 1 aliphatic carbocycles. The summed E-state index contributed by atoms with van der Waals surface area (Å²) in [4.78, 5) is 38.1. The van der Waals surface area contributed by atoms with Gasteiger partial charge in [-0.05, 0) is 39.0 Å².